The summed E-state index contributed by atoms with van der Waals surface area (Å²) >= 11 is -1.84. The van der Waals surface area contributed by atoms with Crippen molar-refractivity contribution in [3.63, 3.8) is 0 Å². The molecule has 0 bridgehead atoms. The van der Waals surface area contributed by atoms with Gasteiger partial charge in [-0.25, -0.2) is 9.00 Å². The van der Waals surface area contributed by atoms with Gasteiger partial charge in [-0.3, -0.25) is 4.90 Å². The Balaban J connectivity index is 1.51. The minimum Gasteiger partial charge on any atom is -0.318 e. The second-order valence-electron chi connectivity index (χ2n) is 9.68. The highest BCUT2D eigenvalue weighted by molar-refractivity contribution is 7.78. The molecule has 0 radical (unpaired) electrons. The van der Waals surface area contributed by atoms with Gasteiger partial charge >= 0.3 is 6.03 Å². The number of carbonyl (C=O) groups is 1. The summed E-state index contributed by atoms with van der Waals surface area (Å²) in [6.07, 6.45) is 4.01. The van der Waals surface area contributed by atoms with Crippen molar-refractivity contribution in [3.05, 3.63) is 71.3 Å². The van der Waals surface area contributed by atoms with E-state index in [-0.39, 0.29) is 22.9 Å². The van der Waals surface area contributed by atoms with Crippen molar-refractivity contribution in [2.24, 2.45) is 0 Å². The van der Waals surface area contributed by atoms with Crippen LogP contribution in [0.2, 0.25) is 0 Å². The Kier molecular flexibility index (Phi) is 6.93. The summed E-state index contributed by atoms with van der Waals surface area (Å²) in [4.78, 5) is 19.8. The fraction of sp³-hybridized carbons (Fsp3) is 0.500. The molecule has 0 aromatic heterocycles. The fourth-order valence-corrected chi connectivity index (χ4v) is 6.36. The Bertz CT molecular complexity index is 986. The van der Waals surface area contributed by atoms with Crippen LogP contribution in [0.5, 0.6) is 0 Å². The van der Waals surface area contributed by atoms with Gasteiger partial charge in [0, 0.05) is 25.2 Å². The van der Waals surface area contributed by atoms with E-state index in [0.29, 0.717) is 6.54 Å². The Morgan fingerprint density at radius 2 is 1.58 bits per heavy atom. The van der Waals surface area contributed by atoms with E-state index in [9.17, 15) is 9.00 Å². The number of likely N-dealkylation sites (N-methyl/N-ethyl adjacent to an activating group) is 1. The molecular weight excluding hydrogens is 434 g/mol. The number of urea groups is 1. The second kappa shape index (κ2) is 9.57. The first-order valence-electron chi connectivity index (χ1n) is 11.7. The minimum absolute atomic E-state index is 0.00497. The SMILES string of the molecule is CCN1C(=O)N(Cc2ccc(CS(=O)O)cc2)CC12CCC(c1ccccc1)(N(C)C)CC2. The normalized spacial score (nSPS) is 26.4. The van der Waals surface area contributed by atoms with Crippen molar-refractivity contribution in [1.82, 2.24) is 14.7 Å². The van der Waals surface area contributed by atoms with E-state index in [0.717, 1.165) is 49.9 Å². The topological polar surface area (TPSA) is 64.1 Å². The van der Waals surface area contributed by atoms with Gasteiger partial charge in [0.1, 0.15) is 0 Å². The number of benzene rings is 2. The molecular formula is C26H35N3O3S. The van der Waals surface area contributed by atoms with Crippen LogP contribution in [0.4, 0.5) is 4.79 Å². The molecule has 1 heterocycles. The average Bonchev–Trinajstić information content (AvgIpc) is 3.06. The zero-order valence-electron chi connectivity index (χ0n) is 19.9. The van der Waals surface area contributed by atoms with Crippen LogP contribution in [-0.4, -0.2) is 62.2 Å². The first kappa shape index (κ1) is 23.9. The molecule has 1 saturated carbocycles. The lowest BCUT2D eigenvalue weighted by Gasteiger charge is -2.51. The highest BCUT2D eigenvalue weighted by Gasteiger charge is 2.53. The van der Waals surface area contributed by atoms with Gasteiger partial charge in [-0.2, -0.15) is 0 Å². The summed E-state index contributed by atoms with van der Waals surface area (Å²) < 4.78 is 20.1. The lowest BCUT2D eigenvalue weighted by Crippen LogP contribution is -2.55. The number of carbonyl (C=O) groups excluding carboxylic acids is 1. The molecule has 1 spiro atoms. The Hall–Kier alpha value is -2.22. The summed E-state index contributed by atoms with van der Waals surface area (Å²) in [5.41, 5.74) is 3.12. The maximum absolute atomic E-state index is 13.4. The van der Waals surface area contributed by atoms with Gasteiger partial charge in [0.15, 0.2) is 11.1 Å². The van der Waals surface area contributed by atoms with Crippen LogP contribution < -0.4 is 0 Å². The molecule has 1 unspecified atom stereocenters. The quantitative estimate of drug-likeness (QED) is 0.609. The molecule has 2 aromatic rings. The van der Waals surface area contributed by atoms with Crippen molar-refractivity contribution < 1.29 is 13.6 Å². The first-order chi connectivity index (χ1) is 15.8. The van der Waals surface area contributed by atoms with Crippen LogP contribution in [0.1, 0.15) is 49.3 Å². The van der Waals surface area contributed by atoms with Crippen LogP contribution in [0, 0.1) is 0 Å². The number of amides is 2. The van der Waals surface area contributed by atoms with Gasteiger partial charge in [0.05, 0.1) is 11.3 Å². The maximum Gasteiger partial charge on any atom is 0.320 e. The van der Waals surface area contributed by atoms with Crippen molar-refractivity contribution in [2.45, 2.75) is 56.0 Å². The van der Waals surface area contributed by atoms with Crippen molar-refractivity contribution in [2.75, 3.05) is 27.2 Å². The molecule has 2 aromatic carbocycles. The van der Waals surface area contributed by atoms with Gasteiger partial charge in [-0.1, -0.05) is 54.6 Å². The maximum atomic E-state index is 13.4. The molecule has 2 amide bonds. The highest BCUT2D eigenvalue weighted by atomic mass is 32.2. The highest BCUT2D eigenvalue weighted by Crippen LogP contribution is 2.48. The molecule has 1 aliphatic carbocycles. The fourth-order valence-electron chi connectivity index (χ4n) is 5.88. The molecule has 1 N–H and O–H groups in total. The smallest absolute Gasteiger partial charge is 0.318 e. The molecule has 178 valence electrons. The zero-order chi connectivity index (χ0) is 23.6. The lowest BCUT2D eigenvalue weighted by atomic mass is 9.68. The van der Waals surface area contributed by atoms with E-state index in [1.807, 2.05) is 29.2 Å². The average molecular weight is 470 g/mol. The van der Waals surface area contributed by atoms with Gasteiger partial charge < -0.3 is 14.4 Å². The Morgan fingerprint density at radius 1 is 0.970 bits per heavy atom. The second-order valence-corrected chi connectivity index (χ2v) is 10.6. The van der Waals surface area contributed by atoms with Crippen molar-refractivity contribution >= 4 is 17.1 Å². The molecule has 1 saturated heterocycles. The van der Waals surface area contributed by atoms with Gasteiger partial charge in [0.25, 0.3) is 0 Å². The summed E-state index contributed by atoms with van der Waals surface area (Å²) in [6, 6.07) is 18.6. The third-order valence-electron chi connectivity index (χ3n) is 7.74. The van der Waals surface area contributed by atoms with E-state index in [1.54, 1.807) is 0 Å². The van der Waals surface area contributed by atoms with Gasteiger partial charge in [-0.05, 0) is 63.4 Å². The monoisotopic (exact) mass is 469 g/mol. The lowest BCUT2D eigenvalue weighted by molar-refractivity contribution is 0.0261. The summed E-state index contributed by atoms with van der Waals surface area (Å²) in [5, 5.41) is 0. The van der Waals surface area contributed by atoms with Crippen molar-refractivity contribution in [1.29, 1.82) is 0 Å². The molecule has 33 heavy (non-hydrogen) atoms. The largest absolute Gasteiger partial charge is 0.320 e. The van der Waals surface area contributed by atoms with E-state index in [2.05, 4.69) is 61.2 Å². The van der Waals surface area contributed by atoms with Crippen LogP contribution in [0.25, 0.3) is 0 Å². The molecule has 2 fully saturated rings. The number of rotatable bonds is 7. The molecule has 2 aliphatic rings. The van der Waals surface area contributed by atoms with Crippen LogP contribution in [0.15, 0.2) is 54.6 Å². The first-order valence-corrected chi connectivity index (χ1v) is 13.0. The molecule has 4 rings (SSSR count). The molecule has 6 nitrogen and oxygen atoms in total. The summed E-state index contributed by atoms with van der Waals surface area (Å²) in [6.45, 7) is 4.12. The number of hydrogen-bond acceptors (Lipinski definition) is 3. The Morgan fingerprint density at radius 3 is 2.12 bits per heavy atom. The summed E-state index contributed by atoms with van der Waals surface area (Å²) in [7, 11) is 4.34. The molecule has 1 atom stereocenters. The standard InChI is InChI=1S/C26H35N3O3S/c1-4-29-24(30)28(18-21-10-12-22(13-11-21)19-33(31)32)20-25(29)14-16-26(17-15-25,27(2)3)23-8-6-5-7-9-23/h5-13H,4,14-20H2,1-3H3,(H,31,32). The molecule has 7 heteroatoms. The number of hydrogen-bond donors (Lipinski definition) is 1. The number of nitrogens with zero attached hydrogens (tertiary/aromatic N) is 3. The van der Waals surface area contributed by atoms with E-state index >= 15 is 0 Å². The van der Waals surface area contributed by atoms with Gasteiger partial charge in [-0.15, -0.1) is 0 Å². The third-order valence-corrected chi connectivity index (χ3v) is 8.32. The van der Waals surface area contributed by atoms with Crippen molar-refractivity contribution in [3.8, 4) is 0 Å². The van der Waals surface area contributed by atoms with Gasteiger partial charge in [0.2, 0.25) is 0 Å². The predicted molar refractivity (Wildman–Crippen MR) is 132 cm³/mol. The Labute approximate surface area is 199 Å². The van der Waals surface area contributed by atoms with E-state index in [4.69, 9.17) is 4.55 Å². The zero-order valence-corrected chi connectivity index (χ0v) is 20.7. The van der Waals surface area contributed by atoms with E-state index < -0.39 is 11.1 Å². The third kappa shape index (κ3) is 4.59. The molecule has 1 aliphatic heterocycles. The minimum atomic E-state index is -1.84. The van der Waals surface area contributed by atoms with Crippen LogP contribution in [-0.2, 0) is 28.9 Å². The summed E-state index contributed by atoms with van der Waals surface area (Å²) in [5.74, 6) is 0.130. The predicted octanol–water partition coefficient (Wildman–Crippen LogP) is 4.44. The van der Waals surface area contributed by atoms with E-state index in [1.165, 1.54) is 5.56 Å². The van der Waals surface area contributed by atoms with Crippen LogP contribution in [0.3, 0.4) is 0 Å². The van der Waals surface area contributed by atoms with Crippen LogP contribution >= 0.6 is 0 Å².